The van der Waals surface area contributed by atoms with Crippen molar-refractivity contribution >= 4 is 23.4 Å². The van der Waals surface area contributed by atoms with Gasteiger partial charge in [0.25, 0.3) is 5.91 Å². The molecule has 1 atom stereocenters. The second kappa shape index (κ2) is 11.4. The molecule has 5 nitrogen and oxygen atoms in total. The van der Waals surface area contributed by atoms with Crippen LogP contribution < -0.4 is 10.1 Å². The molecule has 32 heavy (non-hydrogen) atoms. The molecule has 1 N–H and O–H groups in total. The SMILES string of the molecule is CC[C@@H](C(=O)NC1CCCC1)N(Cc1ccc(C)cc1)C(=O)COc1ccc(Cl)c(C)c1. The maximum absolute atomic E-state index is 13.3. The Morgan fingerprint density at radius 2 is 1.81 bits per heavy atom. The molecule has 172 valence electrons. The Hall–Kier alpha value is -2.53. The van der Waals surface area contributed by atoms with E-state index in [2.05, 4.69) is 5.32 Å². The molecule has 0 radical (unpaired) electrons. The summed E-state index contributed by atoms with van der Waals surface area (Å²) in [6.07, 6.45) is 4.83. The third kappa shape index (κ3) is 6.49. The van der Waals surface area contributed by atoms with Crippen LogP contribution in [-0.4, -0.2) is 35.4 Å². The summed E-state index contributed by atoms with van der Waals surface area (Å²) in [4.78, 5) is 28.0. The number of hydrogen-bond donors (Lipinski definition) is 1. The van der Waals surface area contributed by atoms with E-state index >= 15 is 0 Å². The van der Waals surface area contributed by atoms with Crippen molar-refractivity contribution in [1.82, 2.24) is 10.2 Å². The molecule has 0 unspecified atom stereocenters. The van der Waals surface area contributed by atoms with Crippen LogP contribution >= 0.6 is 11.6 Å². The molecular formula is C26H33ClN2O3. The van der Waals surface area contributed by atoms with Crippen LogP contribution in [0.2, 0.25) is 5.02 Å². The molecule has 0 bridgehead atoms. The lowest BCUT2D eigenvalue weighted by Gasteiger charge is -2.31. The molecule has 0 saturated heterocycles. The van der Waals surface area contributed by atoms with Gasteiger partial charge in [0.2, 0.25) is 5.91 Å². The van der Waals surface area contributed by atoms with Crippen LogP contribution in [0.15, 0.2) is 42.5 Å². The number of aryl methyl sites for hydroxylation is 2. The molecule has 0 heterocycles. The van der Waals surface area contributed by atoms with Crippen molar-refractivity contribution in [3.05, 3.63) is 64.2 Å². The normalized spacial score (nSPS) is 14.8. The van der Waals surface area contributed by atoms with Crippen LogP contribution in [0.3, 0.4) is 0 Å². The van der Waals surface area contributed by atoms with Gasteiger partial charge in [-0.3, -0.25) is 9.59 Å². The monoisotopic (exact) mass is 456 g/mol. The van der Waals surface area contributed by atoms with Gasteiger partial charge in [-0.15, -0.1) is 0 Å². The fourth-order valence-corrected chi connectivity index (χ4v) is 4.23. The zero-order valence-corrected chi connectivity index (χ0v) is 20.0. The highest BCUT2D eigenvalue weighted by molar-refractivity contribution is 6.31. The van der Waals surface area contributed by atoms with E-state index in [4.69, 9.17) is 16.3 Å². The molecule has 1 aliphatic rings. The van der Waals surface area contributed by atoms with Crippen LogP contribution in [0.4, 0.5) is 0 Å². The minimum Gasteiger partial charge on any atom is -0.484 e. The Morgan fingerprint density at radius 1 is 1.12 bits per heavy atom. The van der Waals surface area contributed by atoms with Gasteiger partial charge in [-0.25, -0.2) is 0 Å². The van der Waals surface area contributed by atoms with Crippen molar-refractivity contribution < 1.29 is 14.3 Å². The van der Waals surface area contributed by atoms with Crippen LogP contribution in [0.1, 0.15) is 55.7 Å². The molecule has 1 fully saturated rings. The molecule has 2 aromatic rings. The Kier molecular flexibility index (Phi) is 8.57. The van der Waals surface area contributed by atoms with Crippen LogP contribution in [0.5, 0.6) is 5.75 Å². The summed E-state index contributed by atoms with van der Waals surface area (Å²) in [6.45, 7) is 6.08. The van der Waals surface area contributed by atoms with Gasteiger partial charge < -0.3 is 15.0 Å². The number of nitrogens with zero attached hydrogens (tertiary/aromatic N) is 1. The highest BCUT2D eigenvalue weighted by Crippen LogP contribution is 2.22. The van der Waals surface area contributed by atoms with Crippen LogP contribution in [0, 0.1) is 13.8 Å². The summed E-state index contributed by atoms with van der Waals surface area (Å²) in [7, 11) is 0. The number of ether oxygens (including phenoxy) is 1. The van der Waals surface area contributed by atoms with E-state index in [0.717, 1.165) is 42.4 Å². The predicted molar refractivity (Wildman–Crippen MR) is 128 cm³/mol. The Balaban J connectivity index is 1.75. The van der Waals surface area contributed by atoms with E-state index in [0.29, 0.717) is 23.7 Å². The largest absolute Gasteiger partial charge is 0.484 e. The van der Waals surface area contributed by atoms with Gasteiger partial charge in [-0.1, -0.05) is 61.2 Å². The summed E-state index contributed by atoms with van der Waals surface area (Å²) in [6, 6.07) is 13.0. The highest BCUT2D eigenvalue weighted by atomic mass is 35.5. The first kappa shape index (κ1) is 24.1. The molecule has 0 spiro atoms. The summed E-state index contributed by atoms with van der Waals surface area (Å²) in [5.41, 5.74) is 3.02. The zero-order chi connectivity index (χ0) is 23.1. The number of nitrogens with one attached hydrogen (secondary N) is 1. The lowest BCUT2D eigenvalue weighted by Crippen LogP contribution is -2.52. The van der Waals surface area contributed by atoms with Crippen molar-refractivity contribution in [3.8, 4) is 5.75 Å². The zero-order valence-electron chi connectivity index (χ0n) is 19.2. The number of benzene rings is 2. The number of carbonyl (C=O) groups is 2. The topological polar surface area (TPSA) is 58.6 Å². The van der Waals surface area contributed by atoms with Gasteiger partial charge in [0.15, 0.2) is 6.61 Å². The number of amides is 2. The standard InChI is InChI=1S/C26H33ClN2O3/c1-4-24(26(31)28-21-7-5-6-8-21)29(16-20-11-9-18(2)10-12-20)25(30)17-32-22-13-14-23(27)19(3)15-22/h9-15,21,24H,4-8,16-17H2,1-3H3,(H,28,31)/t24-/m0/s1. The number of carbonyl (C=O) groups excluding carboxylic acids is 2. The lowest BCUT2D eigenvalue weighted by atomic mass is 10.1. The quantitative estimate of drug-likeness (QED) is 0.564. The van der Waals surface area contributed by atoms with E-state index in [1.54, 1.807) is 17.0 Å². The van der Waals surface area contributed by atoms with Crippen molar-refractivity contribution in [1.29, 1.82) is 0 Å². The highest BCUT2D eigenvalue weighted by Gasteiger charge is 2.30. The molecule has 3 rings (SSSR count). The van der Waals surface area contributed by atoms with E-state index in [1.165, 1.54) is 0 Å². The molecular weight excluding hydrogens is 424 g/mol. The Morgan fingerprint density at radius 3 is 2.44 bits per heavy atom. The van der Waals surface area contributed by atoms with Crippen molar-refractivity contribution in [3.63, 3.8) is 0 Å². The van der Waals surface area contributed by atoms with E-state index in [9.17, 15) is 9.59 Å². The second-order valence-corrected chi connectivity index (χ2v) is 9.03. The molecule has 2 aromatic carbocycles. The third-order valence-corrected chi connectivity index (χ3v) is 6.48. The first-order valence-electron chi connectivity index (χ1n) is 11.4. The third-order valence-electron chi connectivity index (χ3n) is 6.05. The Labute approximate surface area is 196 Å². The lowest BCUT2D eigenvalue weighted by molar-refractivity contribution is -0.143. The second-order valence-electron chi connectivity index (χ2n) is 8.62. The van der Waals surface area contributed by atoms with Gasteiger partial charge >= 0.3 is 0 Å². The first-order chi connectivity index (χ1) is 15.4. The fourth-order valence-electron chi connectivity index (χ4n) is 4.11. The van der Waals surface area contributed by atoms with Gasteiger partial charge in [0.1, 0.15) is 11.8 Å². The van der Waals surface area contributed by atoms with Crippen molar-refractivity contribution in [2.45, 2.75) is 71.5 Å². The predicted octanol–water partition coefficient (Wildman–Crippen LogP) is 5.20. The molecule has 0 aliphatic heterocycles. The first-order valence-corrected chi connectivity index (χ1v) is 11.8. The smallest absolute Gasteiger partial charge is 0.261 e. The molecule has 1 saturated carbocycles. The average Bonchev–Trinajstić information content (AvgIpc) is 3.28. The molecule has 6 heteroatoms. The molecule has 0 aromatic heterocycles. The minimum absolute atomic E-state index is 0.0813. The summed E-state index contributed by atoms with van der Waals surface area (Å²) in [5, 5.41) is 3.81. The van der Waals surface area contributed by atoms with E-state index in [1.807, 2.05) is 51.1 Å². The number of halogens is 1. The maximum atomic E-state index is 13.3. The summed E-state index contributed by atoms with van der Waals surface area (Å²) >= 11 is 6.08. The van der Waals surface area contributed by atoms with Gasteiger partial charge in [0.05, 0.1) is 0 Å². The fraction of sp³-hybridized carbons (Fsp3) is 0.462. The number of hydrogen-bond acceptors (Lipinski definition) is 3. The van der Waals surface area contributed by atoms with Crippen LogP contribution in [0.25, 0.3) is 0 Å². The van der Waals surface area contributed by atoms with Gasteiger partial charge in [-0.05, 0) is 62.4 Å². The van der Waals surface area contributed by atoms with Gasteiger partial charge in [-0.2, -0.15) is 0 Å². The maximum Gasteiger partial charge on any atom is 0.261 e. The minimum atomic E-state index is -0.542. The van der Waals surface area contributed by atoms with E-state index < -0.39 is 6.04 Å². The van der Waals surface area contributed by atoms with E-state index in [-0.39, 0.29) is 24.5 Å². The summed E-state index contributed by atoms with van der Waals surface area (Å²) < 4.78 is 5.77. The summed E-state index contributed by atoms with van der Waals surface area (Å²) in [5.74, 6) is 0.285. The average molecular weight is 457 g/mol. The molecule has 1 aliphatic carbocycles. The van der Waals surface area contributed by atoms with Crippen molar-refractivity contribution in [2.24, 2.45) is 0 Å². The molecule has 2 amide bonds. The Bertz CT molecular complexity index is 923. The van der Waals surface area contributed by atoms with Crippen LogP contribution in [-0.2, 0) is 16.1 Å². The number of rotatable bonds is 9. The van der Waals surface area contributed by atoms with Crippen molar-refractivity contribution in [2.75, 3.05) is 6.61 Å². The van der Waals surface area contributed by atoms with Gasteiger partial charge in [0, 0.05) is 17.6 Å².